The predicted molar refractivity (Wildman–Crippen MR) is 75.8 cm³/mol. The highest BCUT2D eigenvalue weighted by atomic mass is 15.2. The van der Waals surface area contributed by atoms with Crippen LogP contribution in [0.3, 0.4) is 0 Å². The number of hydrogen-bond donors (Lipinski definition) is 1. The summed E-state index contributed by atoms with van der Waals surface area (Å²) in [6.07, 6.45) is 3.79. The Morgan fingerprint density at radius 3 is 2.63 bits per heavy atom. The molecule has 1 aliphatic heterocycles. The van der Waals surface area contributed by atoms with Gasteiger partial charge in [0, 0.05) is 19.6 Å². The minimum Gasteiger partial charge on any atom is -0.315 e. The van der Waals surface area contributed by atoms with E-state index in [1.165, 1.54) is 18.4 Å². The number of rotatable bonds is 3. The Labute approximate surface area is 115 Å². The van der Waals surface area contributed by atoms with Gasteiger partial charge in [-0.05, 0) is 42.9 Å². The van der Waals surface area contributed by atoms with Crippen molar-refractivity contribution in [2.24, 2.45) is 0 Å². The maximum Gasteiger partial charge on any atom is 0.123 e. The molecule has 1 N–H and O–H groups in total. The average Bonchev–Trinajstić information content (AvgIpc) is 3.28. The summed E-state index contributed by atoms with van der Waals surface area (Å²) >= 11 is 0. The molecule has 1 unspecified atom stereocenters. The van der Waals surface area contributed by atoms with Crippen LogP contribution in [0.15, 0.2) is 24.3 Å². The lowest BCUT2D eigenvalue weighted by Crippen LogP contribution is -2.31. The van der Waals surface area contributed by atoms with Crippen molar-refractivity contribution in [3.63, 3.8) is 0 Å². The molecule has 19 heavy (non-hydrogen) atoms. The zero-order valence-electron chi connectivity index (χ0n) is 11.3. The van der Waals surface area contributed by atoms with Crippen molar-refractivity contribution in [2.45, 2.75) is 31.2 Å². The molecular formula is C16H21N3. The van der Waals surface area contributed by atoms with Gasteiger partial charge in [-0.25, -0.2) is 0 Å². The third kappa shape index (κ3) is 2.97. The molecule has 1 aliphatic carbocycles. The summed E-state index contributed by atoms with van der Waals surface area (Å²) in [5.41, 5.74) is 2.59. The third-order valence-electron chi connectivity index (χ3n) is 4.16. The quantitative estimate of drug-likeness (QED) is 0.901. The third-order valence-corrected chi connectivity index (χ3v) is 4.16. The van der Waals surface area contributed by atoms with E-state index in [1.807, 2.05) is 0 Å². The van der Waals surface area contributed by atoms with Crippen molar-refractivity contribution in [3.8, 4) is 6.07 Å². The largest absolute Gasteiger partial charge is 0.315 e. The van der Waals surface area contributed by atoms with Crippen molar-refractivity contribution < 1.29 is 0 Å². The molecule has 0 radical (unpaired) electrons. The van der Waals surface area contributed by atoms with Crippen LogP contribution in [0, 0.1) is 11.3 Å². The molecule has 1 heterocycles. The van der Waals surface area contributed by atoms with Gasteiger partial charge in [-0.1, -0.05) is 24.3 Å². The van der Waals surface area contributed by atoms with Gasteiger partial charge in [0.25, 0.3) is 0 Å². The number of nitrogens with one attached hydrogen (secondary N) is 1. The first-order chi connectivity index (χ1) is 9.38. The summed E-state index contributed by atoms with van der Waals surface area (Å²) in [6.45, 7) is 4.02. The lowest BCUT2D eigenvalue weighted by atomic mass is 10.0. The topological polar surface area (TPSA) is 39.1 Å². The molecule has 1 aromatic carbocycles. The van der Waals surface area contributed by atoms with E-state index in [4.69, 9.17) is 0 Å². The first-order valence-corrected chi connectivity index (χ1v) is 7.33. The van der Waals surface area contributed by atoms with Crippen LogP contribution in [0.2, 0.25) is 0 Å². The Hall–Kier alpha value is -1.37. The fraction of sp³-hybridized carbons (Fsp3) is 0.562. The monoisotopic (exact) mass is 255 g/mol. The molecule has 0 amide bonds. The summed E-state index contributed by atoms with van der Waals surface area (Å²) in [7, 11) is 0. The molecule has 3 heteroatoms. The highest BCUT2D eigenvalue weighted by Gasteiger charge is 2.25. The smallest absolute Gasteiger partial charge is 0.123 e. The molecule has 0 bridgehead atoms. The van der Waals surface area contributed by atoms with E-state index < -0.39 is 0 Å². The van der Waals surface area contributed by atoms with Crippen molar-refractivity contribution in [1.29, 1.82) is 5.26 Å². The normalized spacial score (nSPS) is 22.5. The van der Waals surface area contributed by atoms with Gasteiger partial charge in [0.1, 0.15) is 6.04 Å². The molecule has 100 valence electrons. The van der Waals surface area contributed by atoms with Crippen molar-refractivity contribution in [1.82, 2.24) is 10.2 Å². The van der Waals surface area contributed by atoms with Gasteiger partial charge in [0.15, 0.2) is 0 Å². The minimum absolute atomic E-state index is 0.0897. The van der Waals surface area contributed by atoms with E-state index in [1.54, 1.807) is 0 Å². The van der Waals surface area contributed by atoms with Crippen LogP contribution < -0.4 is 5.32 Å². The molecule has 0 aromatic heterocycles. The first-order valence-electron chi connectivity index (χ1n) is 7.33. The Kier molecular flexibility index (Phi) is 3.82. The zero-order chi connectivity index (χ0) is 13.1. The van der Waals surface area contributed by atoms with Gasteiger partial charge in [-0.2, -0.15) is 5.26 Å². The maximum absolute atomic E-state index is 9.50. The van der Waals surface area contributed by atoms with E-state index in [9.17, 15) is 5.26 Å². The van der Waals surface area contributed by atoms with Crippen molar-refractivity contribution in [3.05, 3.63) is 35.4 Å². The van der Waals surface area contributed by atoms with Crippen molar-refractivity contribution >= 4 is 0 Å². The molecule has 2 aliphatic rings. The molecule has 3 rings (SSSR count). The fourth-order valence-corrected chi connectivity index (χ4v) is 2.86. The molecule has 1 saturated carbocycles. The number of benzene rings is 1. The van der Waals surface area contributed by atoms with E-state index in [2.05, 4.69) is 40.6 Å². The highest BCUT2D eigenvalue weighted by Crippen LogP contribution is 2.40. The van der Waals surface area contributed by atoms with Gasteiger partial charge >= 0.3 is 0 Å². The van der Waals surface area contributed by atoms with Crippen LogP contribution in [-0.4, -0.2) is 31.1 Å². The first kappa shape index (κ1) is 12.7. The van der Waals surface area contributed by atoms with E-state index in [0.717, 1.165) is 44.1 Å². The number of hydrogen-bond acceptors (Lipinski definition) is 3. The molecule has 1 atom stereocenters. The van der Waals surface area contributed by atoms with E-state index in [-0.39, 0.29) is 6.04 Å². The second-order valence-electron chi connectivity index (χ2n) is 5.61. The van der Waals surface area contributed by atoms with Crippen molar-refractivity contribution in [2.75, 3.05) is 26.2 Å². The highest BCUT2D eigenvalue weighted by molar-refractivity contribution is 5.32. The summed E-state index contributed by atoms with van der Waals surface area (Å²) in [5.74, 6) is 0.789. The Morgan fingerprint density at radius 1 is 1.16 bits per heavy atom. The molecule has 0 spiro atoms. The molecule has 1 aromatic rings. The van der Waals surface area contributed by atoms with Crippen LogP contribution in [0.25, 0.3) is 0 Å². The second-order valence-corrected chi connectivity index (χ2v) is 5.61. The Balaban J connectivity index is 1.74. The number of nitriles is 1. The molecular weight excluding hydrogens is 234 g/mol. The standard InChI is InChI=1S/C16H21N3/c17-12-16(19-10-1-8-18-9-11-19)15-6-4-14(5-7-15)13-2-3-13/h4-7,13,16,18H,1-3,8-11H2. The minimum atomic E-state index is -0.0897. The summed E-state index contributed by atoms with van der Waals surface area (Å²) in [4.78, 5) is 2.30. The Morgan fingerprint density at radius 2 is 1.95 bits per heavy atom. The van der Waals surface area contributed by atoms with E-state index in [0.29, 0.717) is 0 Å². The fourth-order valence-electron chi connectivity index (χ4n) is 2.86. The van der Waals surface area contributed by atoms with Crippen LogP contribution in [0.1, 0.15) is 42.3 Å². The van der Waals surface area contributed by atoms with Gasteiger partial charge in [-0.3, -0.25) is 4.90 Å². The van der Waals surface area contributed by atoms with Crippen LogP contribution >= 0.6 is 0 Å². The SMILES string of the molecule is N#CC(c1ccc(C2CC2)cc1)N1CCCNCC1. The second kappa shape index (κ2) is 5.73. The Bertz CT molecular complexity index is 448. The van der Waals surface area contributed by atoms with Crippen LogP contribution in [-0.2, 0) is 0 Å². The summed E-state index contributed by atoms with van der Waals surface area (Å²) in [5, 5.41) is 12.9. The summed E-state index contributed by atoms with van der Waals surface area (Å²) in [6, 6.07) is 11.1. The van der Waals surface area contributed by atoms with Gasteiger partial charge in [0.2, 0.25) is 0 Å². The molecule has 3 nitrogen and oxygen atoms in total. The van der Waals surface area contributed by atoms with Crippen LogP contribution in [0.5, 0.6) is 0 Å². The zero-order valence-corrected chi connectivity index (χ0v) is 11.3. The molecule has 2 fully saturated rings. The average molecular weight is 255 g/mol. The predicted octanol–water partition coefficient (Wildman–Crippen LogP) is 2.42. The van der Waals surface area contributed by atoms with Gasteiger partial charge < -0.3 is 5.32 Å². The van der Waals surface area contributed by atoms with Gasteiger partial charge in [-0.15, -0.1) is 0 Å². The van der Waals surface area contributed by atoms with Crippen LogP contribution in [0.4, 0.5) is 0 Å². The molecule has 1 saturated heterocycles. The lowest BCUT2D eigenvalue weighted by Gasteiger charge is -2.25. The summed E-state index contributed by atoms with van der Waals surface area (Å²) < 4.78 is 0. The maximum atomic E-state index is 9.50. The van der Waals surface area contributed by atoms with E-state index >= 15 is 0 Å². The lowest BCUT2D eigenvalue weighted by molar-refractivity contribution is 0.252. The number of nitrogens with zero attached hydrogens (tertiary/aromatic N) is 2. The van der Waals surface area contributed by atoms with Gasteiger partial charge in [0.05, 0.1) is 6.07 Å².